The van der Waals surface area contributed by atoms with Crippen molar-refractivity contribution < 1.29 is 38.8 Å². The molecule has 2 heterocycles. The second-order valence-electron chi connectivity index (χ2n) is 10.8. The van der Waals surface area contributed by atoms with Crippen molar-refractivity contribution in [1.29, 1.82) is 0 Å². The summed E-state index contributed by atoms with van der Waals surface area (Å²) in [5, 5.41) is 11.9. The predicted molar refractivity (Wildman–Crippen MR) is 157 cm³/mol. The average Bonchev–Trinajstić information content (AvgIpc) is 3.29. The van der Waals surface area contributed by atoms with E-state index in [1.165, 1.54) is 11.6 Å². The minimum atomic E-state index is -0.726. The first-order chi connectivity index (χ1) is 18.5. The molecule has 1 radical (unpaired) electrons. The van der Waals surface area contributed by atoms with Crippen molar-refractivity contribution in [2.45, 2.75) is 79.6 Å². The molecule has 0 aliphatic rings. The summed E-state index contributed by atoms with van der Waals surface area (Å²) in [5.41, 5.74) is 3.24. The number of aliphatic hydroxyl groups is 1. The first kappa shape index (κ1) is 33.2. The van der Waals surface area contributed by atoms with E-state index in [0.29, 0.717) is 16.9 Å². The number of hydrogen-bond donors (Lipinski definition) is 1. The van der Waals surface area contributed by atoms with E-state index in [1.54, 1.807) is 12.3 Å². The Balaban J connectivity index is 0.000000307. The Morgan fingerprint density at radius 3 is 2.23 bits per heavy atom. The Hall–Kier alpha value is -3.02. The summed E-state index contributed by atoms with van der Waals surface area (Å²) in [4.78, 5) is 27.6. The van der Waals surface area contributed by atoms with Gasteiger partial charge < -0.3 is 13.9 Å². The third-order valence-corrected chi connectivity index (χ3v) is 7.17. The van der Waals surface area contributed by atoms with Gasteiger partial charge in [-0.1, -0.05) is 77.6 Å². The van der Waals surface area contributed by atoms with Crippen molar-refractivity contribution in [1.82, 2.24) is 4.98 Å². The van der Waals surface area contributed by atoms with E-state index in [4.69, 9.17) is 8.83 Å². The zero-order valence-corrected chi connectivity index (χ0v) is 26.9. The Morgan fingerprint density at radius 1 is 1.00 bits per heavy atom. The second-order valence-corrected chi connectivity index (χ2v) is 10.8. The molecule has 0 saturated heterocycles. The second kappa shape index (κ2) is 14.6. The average molecular weight is 723 g/mol. The number of aliphatic hydroxyl groups excluding tert-OH is 1. The number of rotatable bonds is 8. The van der Waals surface area contributed by atoms with Crippen LogP contribution in [0.3, 0.4) is 0 Å². The van der Waals surface area contributed by atoms with Gasteiger partial charge in [0.15, 0.2) is 16.9 Å². The molecule has 0 unspecified atom stereocenters. The molecule has 0 aliphatic carbocycles. The van der Waals surface area contributed by atoms with Crippen molar-refractivity contribution in [3.8, 4) is 11.3 Å². The molecule has 1 N–H and O–H groups in total. The molecule has 40 heavy (non-hydrogen) atoms. The Labute approximate surface area is 250 Å². The molecule has 7 heteroatoms. The van der Waals surface area contributed by atoms with Gasteiger partial charge in [-0.25, -0.2) is 4.79 Å². The molecule has 2 aromatic carbocycles. The Morgan fingerprint density at radius 2 is 1.62 bits per heavy atom. The van der Waals surface area contributed by atoms with Gasteiger partial charge in [-0.05, 0) is 31.1 Å². The van der Waals surface area contributed by atoms with E-state index in [-0.39, 0.29) is 48.9 Å². The summed E-state index contributed by atoms with van der Waals surface area (Å²) in [6.07, 6.45) is 6.51. The van der Waals surface area contributed by atoms with Crippen LogP contribution in [0.25, 0.3) is 33.2 Å². The largest absolute Gasteiger partial charge is 0.519 e. The van der Waals surface area contributed by atoms with Crippen molar-refractivity contribution in [2.24, 2.45) is 11.8 Å². The molecule has 0 aliphatic heterocycles. The van der Waals surface area contributed by atoms with Crippen LogP contribution in [0.2, 0.25) is 0 Å². The molecule has 0 atom stereocenters. The molecule has 0 spiro atoms. The van der Waals surface area contributed by atoms with Gasteiger partial charge in [0.2, 0.25) is 0 Å². The van der Waals surface area contributed by atoms with Gasteiger partial charge in [0, 0.05) is 50.3 Å². The maximum absolute atomic E-state index is 11.7. The SMILES string of the molecule is CC(C)(C)c1cc(-c2nccc3oc(=O)oc23)[c-]c2ccccc12.CCC(CC)C(=O)/C=C(\O)C(CC)CC.[Ir]. The van der Waals surface area contributed by atoms with Gasteiger partial charge in [-0.2, -0.15) is 0 Å². The van der Waals surface area contributed by atoms with E-state index in [9.17, 15) is 14.7 Å². The van der Waals surface area contributed by atoms with Crippen LogP contribution in [-0.2, 0) is 30.3 Å². The van der Waals surface area contributed by atoms with Crippen molar-refractivity contribution in [2.75, 3.05) is 0 Å². The van der Waals surface area contributed by atoms with Crippen LogP contribution in [0.15, 0.2) is 68.1 Å². The predicted octanol–water partition coefficient (Wildman–Crippen LogP) is 8.57. The van der Waals surface area contributed by atoms with Crippen LogP contribution in [0.1, 0.15) is 79.7 Å². The molecule has 2 aromatic heterocycles. The first-order valence-electron chi connectivity index (χ1n) is 13.8. The van der Waals surface area contributed by atoms with E-state index < -0.39 is 5.82 Å². The summed E-state index contributed by atoms with van der Waals surface area (Å²) >= 11 is 0. The fourth-order valence-corrected chi connectivity index (χ4v) is 4.75. The summed E-state index contributed by atoms with van der Waals surface area (Å²) in [6, 6.07) is 15.2. The molecule has 6 nitrogen and oxygen atoms in total. The smallest absolute Gasteiger partial charge is 0.512 e. The maximum atomic E-state index is 11.7. The third-order valence-electron chi connectivity index (χ3n) is 7.17. The summed E-state index contributed by atoms with van der Waals surface area (Å²) < 4.78 is 10.2. The van der Waals surface area contributed by atoms with Gasteiger partial charge in [-0.15, -0.1) is 29.1 Å². The van der Waals surface area contributed by atoms with Crippen LogP contribution in [-0.4, -0.2) is 15.9 Å². The number of nitrogens with zero attached hydrogens (tertiary/aromatic N) is 1. The molecule has 4 aromatic rings. The topological polar surface area (TPSA) is 93.5 Å². The normalized spacial score (nSPS) is 12.0. The standard InChI is InChI=1S/C20H16NO3.C13H24O2.Ir/c1-20(2,3)15-11-13(10-12-6-4-5-7-14(12)15)17-18-16(8-9-21-17)23-19(22)24-18;1-5-10(6-2)12(14)9-13(15)11(7-3)8-4;/h4-9,11H,1-3H3;9-11,14H,5-8H2,1-4H3;/q-1;;/b;12-9-;. The first-order valence-corrected chi connectivity index (χ1v) is 13.8. The summed E-state index contributed by atoms with van der Waals surface area (Å²) in [7, 11) is 0. The van der Waals surface area contributed by atoms with E-state index in [0.717, 1.165) is 42.0 Å². The molecule has 0 amide bonds. The molecular weight excluding hydrogens is 683 g/mol. The molecule has 0 bridgehead atoms. The number of allylic oxidation sites excluding steroid dienone is 2. The number of hydrogen-bond acceptors (Lipinski definition) is 6. The van der Waals surface area contributed by atoms with Crippen LogP contribution in [0.4, 0.5) is 0 Å². The molecule has 4 rings (SSSR count). The van der Waals surface area contributed by atoms with Crippen LogP contribution < -0.4 is 5.82 Å². The van der Waals surface area contributed by atoms with E-state index in [2.05, 4.69) is 44.0 Å². The monoisotopic (exact) mass is 723 g/mol. The fraction of sp³-hybridized carbons (Fsp3) is 0.424. The minimum Gasteiger partial charge on any atom is -0.512 e. The van der Waals surface area contributed by atoms with E-state index in [1.807, 2.05) is 45.9 Å². The van der Waals surface area contributed by atoms with Gasteiger partial charge in [-0.3, -0.25) is 9.78 Å². The zero-order chi connectivity index (χ0) is 28.7. The zero-order valence-electron chi connectivity index (χ0n) is 24.5. The molecule has 217 valence electrons. The van der Waals surface area contributed by atoms with E-state index >= 15 is 0 Å². The number of benzene rings is 2. The molecule has 0 saturated carbocycles. The van der Waals surface area contributed by atoms with Gasteiger partial charge in [0.1, 0.15) is 0 Å². The van der Waals surface area contributed by atoms with Gasteiger partial charge in [0.25, 0.3) is 0 Å². The quantitative estimate of drug-likeness (QED) is 0.111. The summed E-state index contributed by atoms with van der Waals surface area (Å²) in [5.74, 6) is -0.179. The third kappa shape index (κ3) is 7.80. The number of carbonyl (C=O) groups excluding carboxylic acids is 1. The van der Waals surface area contributed by atoms with Crippen molar-refractivity contribution in [3.63, 3.8) is 0 Å². The number of ketones is 1. The molecular formula is C33H40IrNO5-. The maximum Gasteiger partial charge on any atom is 0.519 e. The Bertz CT molecular complexity index is 1500. The van der Waals surface area contributed by atoms with Crippen molar-refractivity contribution in [3.05, 3.63) is 76.7 Å². The fourth-order valence-electron chi connectivity index (χ4n) is 4.75. The van der Waals surface area contributed by atoms with Crippen molar-refractivity contribution >= 4 is 27.7 Å². The van der Waals surface area contributed by atoms with Gasteiger partial charge >= 0.3 is 5.82 Å². The summed E-state index contributed by atoms with van der Waals surface area (Å²) in [6.45, 7) is 14.6. The van der Waals surface area contributed by atoms with Crippen LogP contribution in [0.5, 0.6) is 0 Å². The van der Waals surface area contributed by atoms with Crippen LogP contribution >= 0.6 is 0 Å². The minimum absolute atomic E-state index is 0. The number of fused-ring (bicyclic) bond motifs is 2. The Kier molecular flexibility index (Phi) is 12.1. The number of pyridine rings is 1. The van der Waals surface area contributed by atoms with Gasteiger partial charge in [0.05, 0.1) is 11.5 Å². The number of aromatic nitrogens is 1. The molecule has 0 fully saturated rings. The number of carbonyl (C=O) groups is 1. The van der Waals surface area contributed by atoms with Crippen LogP contribution in [0, 0.1) is 17.9 Å².